The summed E-state index contributed by atoms with van der Waals surface area (Å²) in [6.07, 6.45) is 3.75. The van der Waals surface area contributed by atoms with Gasteiger partial charge in [-0.2, -0.15) is 0 Å². The van der Waals surface area contributed by atoms with E-state index in [0.29, 0.717) is 6.54 Å². The fraction of sp³-hybridized carbons (Fsp3) is 0.538. The summed E-state index contributed by atoms with van der Waals surface area (Å²) in [5, 5.41) is 31.9. The highest BCUT2D eigenvalue weighted by Gasteiger charge is 2.22. The summed E-state index contributed by atoms with van der Waals surface area (Å²) >= 11 is 0. The normalized spacial score (nSPS) is 24.8. The summed E-state index contributed by atoms with van der Waals surface area (Å²) in [7, 11) is 0. The van der Waals surface area contributed by atoms with E-state index in [1.165, 1.54) is 6.07 Å². The highest BCUT2D eigenvalue weighted by atomic mass is 16.3. The van der Waals surface area contributed by atoms with Crippen molar-refractivity contribution in [2.45, 2.75) is 44.4 Å². The van der Waals surface area contributed by atoms with Gasteiger partial charge in [0.1, 0.15) is 11.5 Å². The summed E-state index contributed by atoms with van der Waals surface area (Å²) in [5.41, 5.74) is 0.737. The molecule has 0 aromatic heterocycles. The number of hydrogen-bond donors (Lipinski definition) is 4. The minimum atomic E-state index is -0.289. The van der Waals surface area contributed by atoms with Gasteiger partial charge in [-0.3, -0.25) is 0 Å². The van der Waals surface area contributed by atoms with Crippen molar-refractivity contribution in [2.24, 2.45) is 0 Å². The number of phenols is 2. The molecule has 2 unspecified atom stereocenters. The third-order valence-electron chi connectivity index (χ3n) is 3.35. The van der Waals surface area contributed by atoms with Crippen molar-refractivity contribution in [3.05, 3.63) is 23.8 Å². The van der Waals surface area contributed by atoms with Crippen LogP contribution in [0.25, 0.3) is 0 Å². The van der Waals surface area contributed by atoms with Gasteiger partial charge in [-0.15, -0.1) is 0 Å². The molecule has 1 aliphatic carbocycles. The largest absolute Gasteiger partial charge is 0.508 e. The van der Waals surface area contributed by atoms with Gasteiger partial charge in [0.25, 0.3) is 0 Å². The van der Waals surface area contributed by atoms with E-state index in [1.807, 2.05) is 0 Å². The summed E-state index contributed by atoms with van der Waals surface area (Å²) in [5.74, 6) is 0.145. The first kappa shape index (κ1) is 12.2. The van der Waals surface area contributed by atoms with Crippen LogP contribution in [0.2, 0.25) is 0 Å². The van der Waals surface area contributed by atoms with Crippen LogP contribution in [0.15, 0.2) is 18.2 Å². The van der Waals surface area contributed by atoms with Gasteiger partial charge in [0.2, 0.25) is 0 Å². The fourth-order valence-corrected chi connectivity index (χ4v) is 2.29. The quantitative estimate of drug-likeness (QED) is 0.642. The van der Waals surface area contributed by atoms with Gasteiger partial charge in [0.15, 0.2) is 0 Å². The molecule has 1 fully saturated rings. The predicted octanol–water partition coefficient (Wildman–Crippen LogP) is 1.49. The maximum absolute atomic E-state index is 9.80. The lowest BCUT2D eigenvalue weighted by molar-refractivity contribution is 0.0901. The maximum Gasteiger partial charge on any atom is 0.123 e. The first-order valence-electron chi connectivity index (χ1n) is 6.09. The fourth-order valence-electron chi connectivity index (χ4n) is 2.29. The summed E-state index contributed by atoms with van der Waals surface area (Å²) in [6.45, 7) is 0.508. The first-order chi connectivity index (χ1) is 8.16. The van der Waals surface area contributed by atoms with Crippen LogP contribution in [0.4, 0.5) is 0 Å². The SMILES string of the molecule is Oc1ccc(CNC2CCCCC2O)c(O)c1. The highest BCUT2D eigenvalue weighted by Crippen LogP contribution is 2.23. The minimum absolute atomic E-state index is 0.0592. The molecule has 1 aromatic rings. The molecule has 0 bridgehead atoms. The van der Waals surface area contributed by atoms with Gasteiger partial charge >= 0.3 is 0 Å². The summed E-state index contributed by atoms with van der Waals surface area (Å²) < 4.78 is 0. The Morgan fingerprint density at radius 2 is 1.94 bits per heavy atom. The lowest BCUT2D eigenvalue weighted by atomic mass is 9.92. The second-order valence-electron chi connectivity index (χ2n) is 4.65. The average molecular weight is 237 g/mol. The van der Waals surface area contributed by atoms with Crippen molar-refractivity contribution in [1.29, 1.82) is 0 Å². The molecule has 94 valence electrons. The molecule has 0 saturated heterocycles. The van der Waals surface area contributed by atoms with Gasteiger partial charge in [0.05, 0.1) is 6.10 Å². The van der Waals surface area contributed by atoms with E-state index < -0.39 is 0 Å². The zero-order chi connectivity index (χ0) is 12.3. The number of rotatable bonds is 3. The van der Waals surface area contributed by atoms with Gasteiger partial charge in [-0.05, 0) is 18.9 Å². The Balaban J connectivity index is 1.92. The van der Waals surface area contributed by atoms with Crippen LogP contribution in [0.3, 0.4) is 0 Å². The number of hydrogen-bond acceptors (Lipinski definition) is 4. The summed E-state index contributed by atoms with van der Waals surface area (Å²) in [4.78, 5) is 0. The van der Waals surface area contributed by atoms with Crippen molar-refractivity contribution in [3.8, 4) is 11.5 Å². The maximum atomic E-state index is 9.80. The lowest BCUT2D eigenvalue weighted by Crippen LogP contribution is -2.41. The van der Waals surface area contributed by atoms with Crippen LogP contribution >= 0.6 is 0 Å². The Morgan fingerprint density at radius 1 is 1.18 bits per heavy atom. The van der Waals surface area contributed by atoms with Crippen molar-refractivity contribution >= 4 is 0 Å². The topological polar surface area (TPSA) is 72.7 Å². The van der Waals surface area contributed by atoms with E-state index in [9.17, 15) is 15.3 Å². The molecule has 1 aromatic carbocycles. The third-order valence-corrected chi connectivity index (χ3v) is 3.35. The summed E-state index contributed by atoms with van der Waals surface area (Å²) in [6, 6.07) is 4.67. The van der Waals surface area contributed by atoms with Crippen LogP contribution in [-0.4, -0.2) is 27.5 Å². The van der Waals surface area contributed by atoms with E-state index in [4.69, 9.17) is 0 Å². The van der Waals surface area contributed by atoms with E-state index in [0.717, 1.165) is 31.2 Å². The van der Waals surface area contributed by atoms with Crippen LogP contribution < -0.4 is 5.32 Å². The third kappa shape index (κ3) is 3.11. The predicted molar refractivity (Wildman–Crippen MR) is 64.9 cm³/mol. The van der Waals surface area contributed by atoms with Crippen molar-refractivity contribution in [1.82, 2.24) is 5.32 Å². The zero-order valence-electron chi connectivity index (χ0n) is 9.76. The molecular weight excluding hydrogens is 218 g/mol. The Kier molecular flexibility index (Phi) is 3.86. The minimum Gasteiger partial charge on any atom is -0.508 e. The first-order valence-corrected chi connectivity index (χ1v) is 6.09. The molecule has 17 heavy (non-hydrogen) atoms. The molecule has 0 amide bonds. The lowest BCUT2D eigenvalue weighted by Gasteiger charge is -2.28. The monoisotopic (exact) mass is 237 g/mol. The molecule has 2 atom stereocenters. The number of aliphatic hydroxyl groups is 1. The highest BCUT2D eigenvalue weighted by molar-refractivity contribution is 5.38. The van der Waals surface area contributed by atoms with Crippen LogP contribution in [-0.2, 0) is 6.54 Å². The molecule has 4 nitrogen and oxygen atoms in total. The Labute approximate surface area is 101 Å². The number of nitrogens with one attached hydrogen (secondary N) is 1. The van der Waals surface area contributed by atoms with E-state index >= 15 is 0 Å². The Bertz CT molecular complexity index is 381. The van der Waals surface area contributed by atoms with E-state index in [2.05, 4.69) is 5.32 Å². The second-order valence-corrected chi connectivity index (χ2v) is 4.65. The molecular formula is C13H19NO3. The standard InChI is InChI=1S/C13H19NO3/c15-10-6-5-9(13(17)7-10)8-14-11-3-1-2-4-12(11)16/h5-7,11-12,14-17H,1-4,8H2. The van der Waals surface area contributed by atoms with E-state index in [1.54, 1.807) is 12.1 Å². The molecule has 4 heteroatoms. The zero-order valence-corrected chi connectivity index (χ0v) is 9.76. The number of aliphatic hydroxyl groups excluding tert-OH is 1. The van der Waals surface area contributed by atoms with Crippen molar-refractivity contribution in [2.75, 3.05) is 0 Å². The molecule has 0 radical (unpaired) electrons. The number of phenolic OH excluding ortho intramolecular Hbond substituents is 2. The Hall–Kier alpha value is -1.26. The second kappa shape index (κ2) is 5.38. The molecule has 0 aliphatic heterocycles. The molecule has 2 rings (SSSR count). The van der Waals surface area contributed by atoms with Gasteiger partial charge in [0, 0.05) is 24.2 Å². The molecule has 0 heterocycles. The van der Waals surface area contributed by atoms with Gasteiger partial charge in [-0.1, -0.05) is 18.9 Å². The van der Waals surface area contributed by atoms with Gasteiger partial charge in [-0.25, -0.2) is 0 Å². The average Bonchev–Trinajstić information content (AvgIpc) is 2.30. The molecule has 1 saturated carbocycles. The Morgan fingerprint density at radius 3 is 2.65 bits per heavy atom. The molecule has 1 aliphatic rings. The number of benzene rings is 1. The van der Waals surface area contributed by atoms with Crippen LogP contribution in [0.5, 0.6) is 11.5 Å². The van der Waals surface area contributed by atoms with Crippen molar-refractivity contribution < 1.29 is 15.3 Å². The molecule has 0 spiro atoms. The molecule has 4 N–H and O–H groups in total. The van der Waals surface area contributed by atoms with Crippen LogP contribution in [0.1, 0.15) is 31.2 Å². The number of aromatic hydroxyl groups is 2. The van der Waals surface area contributed by atoms with Crippen molar-refractivity contribution in [3.63, 3.8) is 0 Å². The van der Waals surface area contributed by atoms with Crippen LogP contribution in [0, 0.1) is 0 Å². The smallest absolute Gasteiger partial charge is 0.123 e. The van der Waals surface area contributed by atoms with E-state index in [-0.39, 0.29) is 23.6 Å². The van der Waals surface area contributed by atoms with Gasteiger partial charge < -0.3 is 20.6 Å².